The van der Waals surface area contributed by atoms with Crippen molar-refractivity contribution < 1.29 is 37.0 Å². The summed E-state index contributed by atoms with van der Waals surface area (Å²) in [4.78, 5) is 30.5. The lowest BCUT2D eigenvalue weighted by molar-refractivity contribution is 0.0982. The van der Waals surface area contributed by atoms with Crippen molar-refractivity contribution >= 4 is 105 Å². The Hall–Kier alpha value is -3.58. The molecule has 0 aliphatic heterocycles. The number of ether oxygens (including phenoxy) is 1. The molecule has 0 bridgehead atoms. The fourth-order valence-corrected chi connectivity index (χ4v) is 8.01. The van der Waals surface area contributed by atoms with Crippen molar-refractivity contribution in [3.05, 3.63) is 135 Å². The number of carbonyl (C=O) groups excluding carboxylic acids is 2. The standard InChI is InChI=1S/C17H10BrClF2N2O2S.C10H6Br2ClNS.C7H5F2NO2/c18-16-15(8-1-3-9(19)4-2-8)23-12(26-16)7-25-11-6-5-10(20)13(14(11)21)17(22)24;11-5-8-14-9(10(12)15-8)6-1-3-7(13)4-2-6;8-3-1-2-4(11)6(9)5(3)7(10)12/h1-6H,7H2,(H2,22,24);1-4H,5H2;1-2,11H,(H2,10,12). The monoisotopic (exact) mass is 996 g/mol. The Bertz CT molecular complexity index is 2260. The number of hydrogen-bond donors (Lipinski definition) is 3. The number of nitrogens with two attached hydrogens (primary N) is 2. The molecule has 2 amide bonds. The van der Waals surface area contributed by atoms with Crippen LogP contribution < -0.4 is 16.2 Å². The molecule has 53 heavy (non-hydrogen) atoms. The predicted octanol–water partition coefficient (Wildman–Crippen LogP) is 11.1. The minimum absolute atomic E-state index is 0.0579. The number of thiazole rings is 2. The summed E-state index contributed by atoms with van der Waals surface area (Å²) in [7, 11) is 0. The minimum Gasteiger partial charge on any atom is -0.505 e. The summed E-state index contributed by atoms with van der Waals surface area (Å²) in [6.45, 7) is -0.0579. The molecule has 0 aliphatic carbocycles. The van der Waals surface area contributed by atoms with Gasteiger partial charge in [0.2, 0.25) is 0 Å². The number of amides is 2. The lowest BCUT2D eigenvalue weighted by Crippen LogP contribution is -2.16. The Kier molecular flexibility index (Phi) is 15.2. The Morgan fingerprint density at radius 1 is 0.698 bits per heavy atom. The zero-order valence-corrected chi connectivity index (χ0v) is 34.2. The van der Waals surface area contributed by atoms with Crippen LogP contribution >= 0.6 is 93.7 Å². The van der Waals surface area contributed by atoms with Gasteiger partial charge in [0, 0.05) is 21.2 Å². The Labute approximate surface area is 342 Å². The van der Waals surface area contributed by atoms with Crippen LogP contribution in [0.5, 0.6) is 11.5 Å². The molecule has 0 unspecified atom stereocenters. The molecular formula is C34H21Br3Cl2F4N4O4S2. The van der Waals surface area contributed by atoms with Crippen LogP contribution in [0, 0.1) is 23.3 Å². The van der Waals surface area contributed by atoms with E-state index in [-0.39, 0.29) is 12.4 Å². The average molecular weight is 1000 g/mol. The van der Waals surface area contributed by atoms with Crippen LogP contribution in [0.4, 0.5) is 17.6 Å². The summed E-state index contributed by atoms with van der Waals surface area (Å²) in [5, 5.41) is 12.5. The number of aromatic hydroxyl groups is 1. The first-order valence-corrected chi connectivity index (χ1v) is 19.5. The van der Waals surface area contributed by atoms with Crippen molar-refractivity contribution in [2.24, 2.45) is 11.5 Å². The SMILES string of the molecule is Clc1ccc(-c2nc(CBr)sc2Br)cc1.NC(=O)c1c(F)ccc(O)c1F.NC(=O)c1c(F)ccc(OCc2nc(-c3ccc(Cl)cc3)c(Br)s2)c1F. The molecule has 0 atom stereocenters. The first-order valence-electron chi connectivity index (χ1n) is 14.4. The Balaban J connectivity index is 0.000000196. The van der Waals surface area contributed by atoms with Gasteiger partial charge in [-0.2, -0.15) is 0 Å². The largest absolute Gasteiger partial charge is 0.505 e. The zero-order valence-electron chi connectivity index (χ0n) is 26.3. The molecule has 5 N–H and O–H groups in total. The second-order valence-corrected chi connectivity index (χ2v) is 16.4. The van der Waals surface area contributed by atoms with E-state index in [2.05, 4.69) is 63.5 Å². The van der Waals surface area contributed by atoms with E-state index in [1.807, 2.05) is 36.4 Å². The molecule has 19 heteroatoms. The number of carbonyl (C=O) groups is 2. The lowest BCUT2D eigenvalue weighted by atomic mass is 10.1. The van der Waals surface area contributed by atoms with E-state index in [0.29, 0.717) is 15.7 Å². The number of primary amides is 2. The lowest BCUT2D eigenvalue weighted by Gasteiger charge is -2.08. The van der Waals surface area contributed by atoms with Crippen molar-refractivity contribution in [3.63, 3.8) is 0 Å². The van der Waals surface area contributed by atoms with Gasteiger partial charge in [0.25, 0.3) is 11.8 Å². The van der Waals surface area contributed by atoms with E-state index in [0.717, 1.165) is 64.0 Å². The number of benzene rings is 4. The highest BCUT2D eigenvalue weighted by Crippen LogP contribution is 2.35. The van der Waals surface area contributed by atoms with Crippen LogP contribution in [-0.4, -0.2) is 26.9 Å². The first kappa shape index (κ1) is 42.2. The summed E-state index contributed by atoms with van der Waals surface area (Å²) in [6.07, 6.45) is 0. The van der Waals surface area contributed by atoms with Gasteiger partial charge in [-0.25, -0.2) is 27.5 Å². The van der Waals surface area contributed by atoms with Crippen LogP contribution in [0.15, 0.2) is 80.4 Å². The third-order valence-corrected chi connectivity index (χ3v) is 11.4. The molecule has 4 aromatic carbocycles. The second-order valence-electron chi connectivity index (χ2n) is 10.1. The topological polar surface area (TPSA) is 141 Å². The van der Waals surface area contributed by atoms with Gasteiger partial charge >= 0.3 is 0 Å². The number of nitrogens with zero attached hydrogens (tertiary/aromatic N) is 2. The molecule has 6 aromatic rings. The van der Waals surface area contributed by atoms with Gasteiger partial charge in [0.1, 0.15) is 39.4 Å². The predicted molar refractivity (Wildman–Crippen MR) is 209 cm³/mol. The molecule has 0 fully saturated rings. The number of phenols is 1. The average Bonchev–Trinajstić information content (AvgIpc) is 3.68. The molecular weight excluding hydrogens is 979 g/mol. The first-order chi connectivity index (χ1) is 25.1. The van der Waals surface area contributed by atoms with Crippen LogP contribution in [-0.2, 0) is 11.9 Å². The summed E-state index contributed by atoms with van der Waals surface area (Å²) in [5.41, 5.74) is 11.5. The third-order valence-electron chi connectivity index (χ3n) is 6.58. The van der Waals surface area contributed by atoms with Crippen molar-refractivity contribution in [2.75, 3.05) is 0 Å². The maximum absolute atomic E-state index is 14.2. The molecule has 2 heterocycles. The molecule has 0 saturated carbocycles. The summed E-state index contributed by atoms with van der Waals surface area (Å²) in [5.74, 6) is -8.12. The Morgan fingerprint density at radius 2 is 1.13 bits per heavy atom. The van der Waals surface area contributed by atoms with Gasteiger partial charge in [0.05, 0.1) is 24.3 Å². The number of alkyl halides is 1. The molecule has 0 radical (unpaired) electrons. The number of phenolic OH excluding ortho intramolecular Hbond substituents is 1. The summed E-state index contributed by atoms with van der Waals surface area (Å²) in [6, 6.07) is 18.4. The van der Waals surface area contributed by atoms with Gasteiger partial charge in [-0.3, -0.25) is 9.59 Å². The number of rotatable bonds is 8. The van der Waals surface area contributed by atoms with Crippen LogP contribution in [0.25, 0.3) is 22.5 Å². The maximum Gasteiger partial charge on any atom is 0.254 e. The number of halogens is 9. The fourth-order valence-electron chi connectivity index (χ4n) is 4.15. The normalized spacial score (nSPS) is 10.5. The van der Waals surface area contributed by atoms with Crippen molar-refractivity contribution in [1.29, 1.82) is 0 Å². The minimum atomic E-state index is -1.33. The van der Waals surface area contributed by atoms with E-state index in [1.165, 1.54) is 11.3 Å². The van der Waals surface area contributed by atoms with Gasteiger partial charge in [-0.05, 0) is 80.4 Å². The van der Waals surface area contributed by atoms with Crippen molar-refractivity contribution in [2.45, 2.75) is 11.9 Å². The molecule has 0 aliphatic rings. The van der Waals surface area contributed by atoms with Crippen LogP contribution in [0.1, 0.15) is 30.7 Å². The highest BCUT2D eigenvalue weighted by molar-refractivity contribution is 9.11. The highest BCUT2D eigenvalue weighted by atomic mass is 79.9. The number of hydrogen-bond acceptors (Lipinski definition) is 8. The van der Waals surface area contributed by atoms with E-state index < -0.39 is 52.0 Å². The molecule has 0 spiro atoms. The van der Waals surface area contributed by atoms with E-state index >= 15 is 0 Å². The molecule has 2 aromatic heterocycles. The smallest absolute Gasteiger partial charge is 0.254 e. The Morgan fingerprint density at radius 3 is 1.57 bits per heavy atom. The van der Waals surface area contributed by atoms with Crippen LogP contribution in [0.3, 0.4) is 0 Å². The second kappa shape index (κ2) is 19.1. The van der Waals surface area contributed by atoms with Crippen molar-refractivity contribution in [1.82, 2.24) is 9.97 Å². The summed E-state index contributed by atoms with van der Waals surface area (Å²) >= 11 is 25.0. The quantitative estimate of drug-likeness (QED) is 0.102. The van der Waals surface area contributed by atoms with Crippen LogP contribution in [0.2, 0.25) is 10.0 Å². The van der Waals surface area contributed by atoms with Gasteiger partial charge in [-0.1, -0.05) is 63.4 Å². The molecule has 276 valence electrons. The maximum atomic E-state index is 14.2. The molecule has 6 rings (SSSR count). The van der Waals surface area contributed by atoms with E-state index in [4.69, 9.17) is 38.8 Å². The molecule has 8 nitrogen and oxygen atoms in total. The van der Waals surface area contributed by atoms with Crippen molar-refractivity contribution in [3.8, 4) is 34.0 Å². The fraction of sp³-hybridized carbons (Fsp3) is 0.0588. The highest BCUT2D eigenvalue weighted by Gasteiger charge is 2.20. The third kappa shape index (κ3) is 11.0. The van der Waals surface area contributed by atoms with E-state index in [9.17, 15) is 27.2 Å². The van der Waals surface area contributed by atoms with E-state index in [1.54, 1.807) is 23.5 Å². The number of aromatic nitrogens is 2. The molecule has 0 saturated heterocycles. The summed E-state index contributed by atoms with van der Waals surface area (Å²) < 4.78 is 60.2. The zero-order chi connectivity index (χ0) is 39.0. The van der Waals surface area contributed by atoms with Gasteiger partial charge in [-0.15, -0.1) is 22.7 Å². The van der Waals surface area contributed by atoms with Gasteiger partial charge < -0.3 is 21.3 Å². The van der Waals surface area contributed by atoms with Gasteiger partial charge in [0.15, 0.2) is 23.1 Å².